The second-order valence-corrected chi connectivity index (χ2v) is 44.2. The number of carboxylic acid groups (broad SMARTS) is 1. The van der Waals surface area contributed by atoms with Gasteiger partial charge in [-0.15, -0.1) is 22.8 Å². The zero-order valence-electron chi connectivity index (χ0n) is 43.6. The van der Waals surface area contributed by atoms with E-state index in [0.717, 1.165) is 29.8 Å². The Labute approximate surface area is 387 Å². The number of aromatic nitrogens is 1. The third-order valence-corrected chi connectivity index (χ3v) is 28.9. The number of hydrogen-bond acceptors (Lipinski definition) is 7. The van der Waals surface area contributed by atoms with Crippen molar-refractivity contribution in [2.45, 2.75) is 228 Å². The summed E-state index contributed by atoms with van der Waals surface area (Å²) in [6, 6.07) is 0. The average Bonchev–Trinajstić information content (AvgIpc) is 3.48. The van der Waals surface area contributed by atoms with Crippen LogP contribution in [0.15, 0.2) is 22.9 Å². The van der Waals surface area contributed by atoms with Crippen molar-refractivity contribution in [3.63, 3.8) is 0 Å². The summed E-state index contributed by atoms with van der Waals surface area (Å²) in [5.74, 6) is 1.53. The molecule has 62 heavy (non-hydrogen) atoms. The quantitative estimate of drug-likeness (QED) is 0.0703. The van der Waals surface area contributed by atoms with Gasteiger partial charge in [-0.3, -0.25) is 9.59 Å². The van der Waals surface area contributed by atoms with E-state index in [1.54, 1.807) is 0 Å². The Balaban J connectivity index is 3.70. The first-order valence-corrected chi connectivity index (χ1v) is 36.0. The Morgan fingerprint density at radius 3 is 1.81 bits per heavy atom. The fourth-order valence-corrected chi connectivity index (χ4v) is 11.7. The summed E-state index contributed by atoms with van der Waals surface area (Å²) in [6.07, 6.45) is 4.65. The molecule has 0 spiro atoms. The highest BCUT2D eigenvalue weighted by Gasteiger charge is 2.51. The Morgan fingerprint density at radius 2 is 1.35 bits per heavy atom. The smallest absolute Gasteiger partial charge is 0.305 e. The molecule has 0 saturated heterocycles. The molecule has 0 bridgehead atoms. The topological polar surface area (TPSA) is 95.0 Å². The summed E-state index contributed by atoms with van der Waals surface area (Å²) in [4.78, 5) is 32.3. The van der Waals surface area contributed by atoms with Crippen molar-refractivity contribution >= 4 is 62.2 Å². The van der Waals surface area contributed by atoms with Crippen LogP contribution < -0.4 is 0 Å². The number of carboxylic acids is 1. The Hall–Kier alpha value is -1.51. The predicted octanol–water partition coefficient (Wildman–Crippen LogP) is 15.0. The molecule has 0 aromatic carbocycles. The second-order valence-electron chi connectivity index (χ2n) is 24.1. The molecule has 0 saturated carbocycles. The van der Waals surface area contributed by atoms with Crippen LogP contribution in [-0.2, 0) is 22.9 Å². The first kappa shape index (κ1) is 58.5. The molecule has 0 radical (unpaired) electrons. The number of carbonyl (C=O) groups excluding carboxylic acids is 1. The molecule has 0 aliphatic rings. The normalized spacial score (nSPS) is 16.9. The van der Waals surface area contributed by atoms with E-state index >= 15 is 9.18 Å². The lowest BCUT2D eigenvalue weighted by Crippen LogP contribution is -2.55. The lowest BCUT2D eigenvalue weighted by molar-refractivity contribution is -0.146. The molecule has 356 valence electrons. The summed E-state index contributed by atoms with van der Waals surface area (Å²) in [5.41, 5.74) is 4.17. The number of aliphatic carboxylic acids is 1. The van der Waals surface area contributed by atoms with E-state index in [2.05, 4.69) is 158 Å². The molecule has 1 heterocycles. The van der Waals surface area contributed by atoms with Gasteiger partial charge in [0.25, 0.3) is 0 Å². The van der Waals surface area contributed by atoms with Crippen molar-refractivity contribution in [2.75, 3.05) is 0 Å². The van der Waals surface area contributed by atoms with Gasteiger partial charge in [-0.2, -0.15) is 0 Å². The van der Waals surface area contributed by atoms with E-state index in [4.69, 9.17) is 13.3 Å². The van der Waals surface area contributed by atoms with Crippen LogP contribution in [0.5, 0.6) is 0 Å². The minimum Gasteiger partial charge on any atom is -0.481 e. The van der Waals surface area contributed by atoms with Gasteiger partial charge in [0.05, 0.1) is 35.2 Å². The van der Waals surface area contributed by atoms with Crippen LogP contribution in [0.2, 0.25) is 74.0 Å². The highest BCUT2D eigenvalue weighted by atomic mass is 32.1. The highest BCUT2D eigenvalue weighted by molar-refractivity contribution is 7.09. The number of hydrogen-bond donors (Lipinski definition) is 1. The van der Waals surface area contributed by atoms with Crippen LogP contribution in [0, 0.1) is 35.6 Å². The van der Waals surface area contributed by atoms with Crippen LogP contribution in [0.4, 0.5) is 4.39 Å². The Kier molecular flexibility index (Phi) is 21.1. The largest absolute Gasteiger partial charge is 0.481 e. The van der Waals surface area contributed by atoms with E-state index in [9.17, 15) is 9.90 Å². The molecule has 0 unspecified atom stereocenters. The molecular weight excluding hydrogens is 862 g/mol. The minimum absolute atomic E-state index is 0.00815. The molecule has 0 fully saturated rings. The number of halogens is 1. The zero-order chi connectivity index (χ0) is 48.7. The minimum atomic E-state index is -2.47. The third-order valence-electron chi connectivity index (χ3n) is 13.7. The molecule has 5 atom stereocenters. The van der Waals surface area contributed by atoms with Gasteiger partial charge in [-0.1, -0.05) is 114 Å². The molecule has 0 aliphatic carbocycles. The van der Waals surface area contributed by atoms with Gasteiger partial charge in [-0.25, -0.2) is 9.37 Å². The van der Waals surface area contributed by atoms with Gasteiger partial charge in [-0.05, 0) is 106 Å². The first-order valence-electron chi connectivity index (χ1n) is 22.9. The molecule has 1 N–H and O–H groups in total. The molecule has 1 aromatic heterocycles. The van der Waals surface area contributed by atoms with Gasteiger partial charge < -0.3 is 18.4 Å². The first-order chi connectivity index (χ1) is 27.6. The maximum Gasteiger partial charge on any atom is 0.305 e. The summed E-state index contributed by atoms with van der Waals surface area (Å²) < 4.78 is 36.9. The zero-order valence-corrected chi connectivity index (χ0v) is 48.4. The summed E-state index contributed by atoms with van der Waals surface area (Å²) in [5, 5.41) is 12.6. The number of allylic oxidation sites excluding steroid dienone is 1. The van der Waals surface area contributed by atoms with Gasteiger partial charge in [0, 0.05) is 17.2 Å². The number of aryl methyl sites for hydroxylation is 1. The number of nitrogens with zero attached hydrogens (tertiary/aromatic N) is 1. The number of carbonyl (C=O) groups is 2. The lowest BCUT2D eigenvalue weighted by atomic mass is 9.71. The maximum absolute atomic E-state index is 16.0. The van der Waals surface area contributed by atoms with Crippen LogP contribution in [-0.4, -0.2) is 73.2 Å². The van der Waals surface area contributed by atoms with Crippen molar-refractivity contribution in [3.8, 4) is 11.5 Å². The standard InChI is InChI=1S/C49H90FNO6SSi4/c1-35(29-30-41(55-60(18,19)46(4,5)6)40(50)32-38-34-58-37(3)51-38)26-24-27-36(2)44(57-62(22,23)48(10,11)12)39(28-25-31-59(15,16)17)45(54)49(13,14)42(33-43(52)53)56-61(20,21)47(7,8)9/h29,32,34,36,39,41-42,44H,24,26-28,30,33H2,1-23H3,(H,52,53)/b35-29-,40-32-/t36-,39+,41-,42-,44-/m0/s1. The average molecular weight is 953 g/mol. The molecule has 0 amide bonds. The number of ketones is 1. The Morgan fingerprint density at radius 1 is 0.855 bits per heavy atom. The summed E-state index contributed by atoms with van der Waals surface area (Å²) in [6.45, 7) is 49.1. The Bertz CT molecular complexity index is 1760. The van der Waals surface area contributed by atoms with E-state index < -0.39 is 68.6 Å². The highest BCUT2D eigenvalue weighted by Crippen LogP contribution is 2.45. The fraction of sp³-hybridized carbons (Fsp3) is 0.776. The van der Waals surface area contributed by atoms with E-state index in [1.807, 2.05) is 26.2 Å². The van der Waals surface area contributed by atoms with Crippen LogP contribution in [0.1, 0.15) is 139 Å². The van der Waals surface area contributed by atoms with Crippen LogP contribution in [0.25, 0.3) is 6.08 Å². The van der Waals surface area contributed by atoms with E-state index in [0.29, 0.717) is 18.5 Å². The molecule has 0 aliphatic heterocycles. The van der Waals surface area contributed by atoms with Crippen molar-refractivity contribution in [3.05, 3.63) is 33.6 Å². The van der Waals surface area contributed by atoms with E-state index in [-0.39, 0.29) is 39.1 Å². The number of thiazole rings is 1. The summed E-state index contributed by atoms with van der Waals surface area (Å²) >= 11 is 1.50. The van der Waals surface area contributed by atoms with E-state index in [1.165, 1.54) is 17.4 Å². The van der Waals surface area contributed by atoms with Crippen molar-refractivity contribution in [2.24, 2.45) is 17.3 Å². The third kappa shape index (κ3) is 18.0. The number of rotatable bonds is 22. The lowest BCUT2D eigenvalue weighted by Gasteiger charge is -2.46. The molecule has 1 rings (SSSR count). The fourth-order valence-electron chi connectivity index (χ4n) is 6.38. The monoisotopic (exact) mass is 952 g/mol. The maximum atomic E-state index is 16.0. The molecule has 13 heteroatoms. The van der Waals surface area contributed by atoms with Crippen molar-refractivity contribution in [1.29, 1.82) is 0 Å². The van der Waals surface area contributed by atoms with Gasteiger partial charge in [0.2, 0.25) is 0 Å². The van der Waals surface area contributed by atoms with Crippen LogP contribution >= 0.6 is 11.3 Å². The molecular formula is C49H90FNO6SSi4. The van der Waals surface area contributed by atoms with Crippen molar-refractivity contribution < 1.29 is 32.4 Å². The van der Waals surface area contributed by atoms with Gasteiger partial charge in [0.1, 0.15) is 25.8 Å². The second kappa shape index (κ2) is 22.3. The predicted molar refractivity (Wildman–Crippen MR) is 274 cm³/mol. The number of Topliss-reactive ketones (excluding diaryl/α,β-unsaturated/α-hetero) is 1. The molecule has 7 nitrogen and oxygen atoms in total. The van der Waals surface area contributed by atoms with Crippen molar-refractivity contribution in [1.82, 2.24) is 4.98 Å². The summed E-state index contributed by atoms with van der Waals surface area (Å²) in [7, 11) is -8.98. The molecule has 1 aromatic rings. The van der Waals surface area contributed by atoms with Crippen LogP contribution in [0.3, 0.4) is 0 Å². The SMILES string of the molecule is C/C(=C/C[C@H](O[Si](C)(C)C(C)(C)C)/C(F)=C/c1csc(C)n1)CCC[C@H](C)[C@H](O[Si](C)(C)C(C)(C)C)[C@@H](CC#C[Si](C)(C)C)C(=O)C(C)(C)[C@H](CC(=O)O)O[Si](C)(C)C(C)(C)C. The van der Waals surface area contributed by atoms with Gasteiger partial charge >= 0.3 is 5.97 Å². The van der Waals surface area contributed by atoms with Gasteiger partial charge in [0.15, 0.2) is 25.0 Å².